The minimum atomic E-state index is -0.724. The molecular formula is C14H24N4O. The number of nitrogens with two attached hydrogens (primary N) is 1. The van der Waals surface area contributed by atoms with E-state index in [-0.39, 0.29) is 5.91 Å². The number of carbonyl (C=O) groups excluding carboxylic acids is 1. The van der Waals surface area contributed by atoms with Crippen LogP contribution in [0.4, 0.5) is 5.69 Å². The fourth-order valence-electron chi connectivity index (χ4n) is 2.94. The summed E-state index contributed by atoms with van der Waals surface area (Å²) >= 11 is 0. The maximum absolute atomic E-state index is 12.4. The van der Waals surface area contributed by atoms with E-state index < -0.39 is 5.54 Å². The minimum absolute atomic E-state index is 0.0678. The summed E-state index contributed by atoms with van der Waals surface area (Å²) in [6.45, 7) is 4.19. The lowest BCUT2D eigenvalue weighted by Crippen LogP contribution is -2.53. The first-order chi connectivity index (χ1) is 8.94. The fraction of sp³-hybridized carbons (Fsp3) is 0.714. The molecule has 1 aliphatic rings. The topological polar surface area (TPSA) is 72.9 Å². The predicted molar refractivity (Wildman–Crippen MR) is 75.8 cm³/mol. The van der Waals surface area contributed by atoms with Crippen molar-refractivity contribution in [1.29, 1.82) is 0 Å². The molecule has 2 rings (SSSR count). The summed E-state index contributed by atoms with van der Waals surface area (Å²) in [4.78, 5) is 12.4. The Labute approximate surface area is 114 Å². The van der Waals surface area contributed by atoms with E-state index in [1.807, 2.05) is 20.2 Å². The zero-order valence-electron chi connectivity index (χ0n) is 12.1. The Morgan fingerprint density at radius 1 is 1.68 bits per heavy atom. The lowest BCUT2D eigenvalue weighted by molar-refractivity contribution is -0.122. The molecule has 1 aliphatic carbocycles. The van der Waals surface area contributed by atoms with Crippen molar-refractivity contribution in [3.05, 3.63) is 11.9 Å². The molecule has 2 atom stereocenters. The van der Waals surface area contributed by atoms with E-state index in [1.54, 1.807) is 4.68 Å². The molecular weight excluding hydrogens is 240 g/mol. The van der Waals surface area contributed by atoms with Crippen LogP contribution in [0, 0.1) is 5.92 Å². The minimum Gasteiger partial charge on any atom is -0.322 e. The smallest absolute Gasteiger partial charge is 0.244 e. The van der Waals surface area contributed by atoms with E-state index in [2.05, 4.69) is 17.3 Å². The molecule has 1 fully saturated rings. The molecule has 1 heterocycles. The average Bonchev–Trinajstić information content (AvgIpc) is 2.69. The summed E-state index contributed by atoms with van der Waals surface area (Å²) in [6.07, 6.45) is 6.36. The Morgan fingerprint density at radius 2 is 2.42 bits per heavy atom. The van der Waals surface area contributed by atoms with E-state index in [9.17, 15) is 4.79 Å². The fourth-order valence-corrected chi connectivity index (χ4v) is 2.94. The molecule has 0 bridgehead atoms. The second-order valence-corrected chi connectivity index (χ2v) is 5.83. The van der Waals surface area contributed by atoms with Gasteiger partial charge in [0.25, 0.3) is 0 Å². The number of hydrogen-bond acceptors (Lipinski definition) is 3. The van der Waals surface area contributed by atoms with Crippen LogP contribution in [0.15, 0.2) is 6.20 Å². The zero-order valence-corrected chi connectivity index (χ0v) is 12.1. The first-order valence-corrected chi connectivity index (χ1v) is 7.07. The first-order valence-electron chi connectivity index (χ1n) is 7.07. The van der Waals surface area contributed by atoms with Crippen LogP contribution in [-0.4, -0.2) is 21.2 Å². The number of aromatic nitrogens is 2. The number of hydrogen-bond donors (Lipinski definition) is 2. The lowest BCUT2D eigenvalue weighted by Gasteiger charge is -2.35. The van der Waals surface area contributed by atoms with Crippen LogP contribution >= 0.6 is 0 Å². The van der Waals surface area contributed by atoms with Gasteiger partial charge in [-0.2, -0.15) is 5.10 Å². The molecule has 106 valence electrons. The van der Waals surface area contributed by atoms with Gasteiger partial charge in [-0.15, -0.1) is 0 Å². The quantitative estimate of drug-likeness (QED) is 0.874. The number of amides is 1. The third-order valence-electron chi connectivity index (χ3n) is 3.97. The first kappa shape index (κ1) is 14.1. The van der Waals surface area contributed by atoms with Crippen molar-refractivity contribution in [2.45, 2.75) is 51.5 Å². The molecule has 2 unspecified atom stereocenters. The van der Waals surface area contributed by atoms with Crippen LogP contribution in [0.2, 0.25) is 0 Å². The van der Waals surface area contributed by atoms with Crippen molar-refractivity contribution in [2.75, 3.05) is 5.32 Å². The van der Waals surface area contributed by atoms with Crippen LogP contribution in [-0.2, 0) is 18.3 Å². The Balaban J connectivity index is 2.11. The number of carbonyl (C=O) groups is 1. The maximum Gasteiger partial charge on any atom is 0.244 e. The van der Waals surface area contributed by atoms with Gasteiger partial charge in [0, 0.05) is 13.2 Å². The van der Waals surface area contributed by atoms with E-state index in [1.165, 1.54) is 6.42 Å². The monoisotopic (exact) mass is 264 g/mol. The molecule has 5 nitrogen and oxygen atoms in total. The highest BCUT2D eigenvalue weighted by Gasteiger charge is 2.38. The van der Waals surface area contributed by atoms with Gasteiger partial charge < -0.3 is 11.1 Å². The number of nitrogens with one attached hydrogen (secondary N) is 1. The maximum atomic E-state index is 12.4. The van der Waals surface area contributed by atoms with Gasteiger partial charge >= 0.3 is 0 Å². The molecule has 0 radical (unpaired) electrons. The van der Waals surface area contributed by atoms with Crippen molar-refractivity contribution in [1.82, 2.24) is 9.78 Å². The number of rotatable bonds is 3. The van der Waals surface area contributed by atoms with Crippen molar-refractivity contribution < 1.29 is 4.79 Å². The van der Waals surface area contributed by atoms with Crippen molar-refractivity contribution in [3.8, 4) is 0 Å². The Bertz CT molecular complexity index is 468. The third kappa shape index (κ3) is 2.97. The molecule has 0 aliphatic heterocycles. The molecule has 1 saturated carbocycles. The van der Waals surface area contributed by atoms with E-state index in [4.69, 9.17) is 5.73 Å². The van der Waals surface area contributed by atoms with E-state index >= 15 is 0 Å². The van der Waals surface area contributed by atoms with Gasteiger partial charge in [-0.05, 0) is 25.2 Å². The molecule has 0 aromatic carbocycles. The molecule has 3 N–H and O–H groups in total. The summed E-state index contributed by atoms with van der Waals surface area (Å²) in [7, 11) is 1.86. The highest BCUT2D eigenvalue weighted by atomic mass is 16.2. The van der Waals surface area contributed by atoms with E-state index in [0.29, 0.717) is 5.92 Å². The zero-order chi connectivity index (χ0) is 14.0. The average molecular weight is 264 g/mol. The Kier molecular flexibility index (Phi) is 3.94. The molecule has 0 saturated heterocycles. The van der Waals surface area contributed by atoms with Crippen LogP contribution in [0.25, 0.3) is 0 Å². The van der Waals surface area contributed by atoms with Crippen molar-refractivity contribution >= 4 is 11.6 Å². The summed E-state index contributed by atoms with van der Waals surface area (Å²) in [5, 5.41) is 7.29. The van der Waals surface area contributed by atoms with Crippen molar-refractivity contribution in [3.63, 3.8) is 0 Å². The Hall–Kier alpha value is -1.36. The molecule has 1 amide bonds. The van der Waals surface area contributed by atoms with Crippen LogP contribution < -0.4 is 11.1 Å². The highest BCUT2D eigenvalue weighted by molar-refractivity contribution is 5.98. The van der Waals surface area contributed by atoms with Crippen LogP contribution in [0.5, 0.6) is 0 Å². The van der Waals surface area contributed by atoms with Crippen LogP contribution in [0.1, 0.15) is 45.2 Å². The summed E-state index contributed by atoms with van der Waals surface area (Å²) in [5.74, 6) is 0.450. The summed E-state index contributed by atoms with van der Waals surface area (Å²) in [6, 6.07) is 0. The second kappa shape index (κ2) is 5.33. The van der Waals surface area contributed by atoms with Gasteiger partial charge in [0.1, 0.15) is 0 Å². The van der Waals surface area contributed by atoms with Gasteiger partial charge in [0.2, 0.25) is 5.91 Å². The third-order valence-corrected chi connectivity index (χ3v) is 3.97. The number of anilines is 1. The lowest BCUT2D eigenvalue weighted by atomic mass is 9.76. The standard InChI is InChI=1S/C14H24N4O/c1-4-11-12(9-18(3)17-11)16-13(19)14(15)7-5-6-10(2)8-14/h9-10H,4-8,15H2,1-3H3,(H,16,19). The second-order valence-electron chi connectivity index (χ2n) is 5.83. The molecule has 19 heavy (non-hydrogen) atoms. The SMILES string of the molecule is CCc1nn(C)cc1NC(=O)C1(N)CCCC(C)C1. The van der Waals surface area contributed by atoms with Gasteiger partial charge in [0.15, 0.2) is 0 Å². The summed E-state index contributed by atoms with van der Waals surface area (Å²) < 4.78 is 1.72. The Morgan fingerprint density at radius 3 is 3.05 bits per heavy atom. The molecule has 0 spiro atoms. The number of nitrogens with zero attached hydrogens (tertiary/aromatic N) is 2. The molecule has 5 heteroatoms. The number of aryl methyl sites for hydroxylation is 2. The summed E-state index contributed by atoms with van der Waals surface area (Å²) in [5.41, 5.74) is 7.27. The predicted octanol–water partition coefficient (Wildman–Crippen LogP) is 1.83. The molecule has 1 aromatic rings. The van der Waals surface area contributed by atoms with Crippen molar-refractivity contribution in [2.24, 2.45) is 18.7 Å². The van der Waals surface area contributed by atoms with Gasteiger partial charge in [0.05, 0.1) is 16.9 Å². The van der Waals surface area contributed by atoms with Gasteiger partial charge in [-0.25, -0.2) is 0 Å². The van der Waals surface area contributed by atoms with Gasteiger partial charge in [-0.1, -0.05) is 26.7 Å². The van der Waals surface area contributed by atoms with E-state index in [0.717, 1.165) is 37.1 Å². The normalized spacial score (nSPS) is 27.3. The largest absolute Gasteiger partial charge is 0.322 e. The highest BCUT2D eigenvalue weighted by Crippen LogP contribution is 2.31. The molecule has 1 aromatic heterocycles. The van der Waals surface area contributed by atoms with Crippen LogP contribution in [0.3, 0.4) is 0 Å². The van der Waals surface area contributed by atoms with Gasteiger partial charge in [-0.3, -0.25) is 9.48 Å².